The number of sulfonamides is 1. The van der Waals surface area contributed by atoms with E-state index in [0.29, 0.717) is 38.0 Å². The number of hydrogen-bond acceptors (Lipinski definition) is 8. The predicted molar refractivity (Wildman–Crippen MR) is 182 cm³/mol. The summed E-state index contributed by atoms with van der Waals surface area (Å²) in [6.45, 7) is 0.164. The number of amides is 3. The van der Waals surface area contributed by atoms with Crippen LogP contribution in [0.3, 0.4) is 0 Å². The standard InChI is InChI=1S/C36H43N5O6S/c42-33-31-21-27(47-32-20-17-24-11-9-10-15-29(24)38-32)23-41(31)34(43)30(37-26-13-6-4-7-14-26)16-8-3-1-2-5-12-25-22-36(25,39-33)35(44)40-48(45,46)28-18-19-28/h4,6-7,9-11,13-15,17,20,25,27-28,30-31,37H,1-3,5,8,12,16,18-19,21-23H2,(H,39,42)(H,40,44)/t25-,27-,30+,31+,36-/m1/s1. The number of nitrogens with one attached hydrogen (secondary N) is 3. The van der Waals surface area contributed by atoms with Gasteiger partial charge in [0, 0.05) is 23.6 Å². The van der Waals surface area contributed by atoms with E-state index in [2.05, 4.69) is 20.3 Å². The third-order valence-corrected chi connectivity index (χ3v) is 12.0. The van der Waals surface area contributed by atoms with E-state index >= 15 is 0 Å². The van der Waals surface area contributed by atoms with Gasteiger partial charge in [0.2, 0.25) is 27.7 Å². The maximum Gasteiger partial charge on any atom is 0.259 e. The summed E-state index contributed by atoms with van der Waals surface area (Å²) in [6, 6.07) is 19.5. The van der Waals surface area contributed by atoms with Crippen LogP contribution in [0.5, 0.6) is 5.88 Å². The van der Waals surface area contributed by atoms with Crippen LogP contribution in [0.1, 0.15) is 70.6 Å². The summed E-state index contributed by atoms with van der Waals surface area (Å²) in [7, 11) is -3.80. The number of nitrogens with zero attached hydrogens (tertiary/aromatic N) is 2. The van der Waals surface area contributed by atoms with Gasteiger partial charge in [0.1, 0.15) is 23.7 Å². The van der Waals surface area contributed by atoms with Gasteiger partial charge < -0.3 is 20.3 Å². The minimum atomic E-state index is -3.80. The van der Waals surface area contributed by atoms with Crippen molar-refractivity contribution in [1.29, 1.82) is 0 Å². The molecule has 48 heavy (non-hydrogen) atoms. The first-order valence-electron chi connectivity index (χ1n) is 17.2. The Kier molecular flexibility index (Phi) is 9.02. The molecule has 1 aromatic heterocycles. The van der Waals surface area contributed by atoms with Crippen molar-refractivity contribution in [1.82, 2.24) is 19.9 Å². The molecule has 2 aliphatic carbocycles. The second kappa shape index (κ2) is 13.4. The lowest BCUT2D eigenvalue weighted by molar-refractivity contribution is -0.140. The number of benzene rings is 2. The first-order chi connectivity index (χ1) is 23.2. The lowest BCUT2D eigenvalue weighted by atomic mass is 10.0. The van der Waals surface area contributed by atoms with Crippen LogP contribution in [-0.2, 0) is 24.4 Å². The van der Waals surface area contributed by atoms with Crippen molar-refractivity contribution in [2.45, 2.75) is 99.6 Å². The number of para-hydroxylation sites is 2. The first kappa shape index (κ1) is 32.4. The molecule has 5 atom stereocenters. The fraction of sp³-hybridized carbons (Fsp3) is 0.500. The quantitative estimate of drug-likeness (QED) is 0.337. The second-order valence-electron chi connectivity index (χ2n) is 13.8. The van der Waals surface area contributed by atoms with Crippen LogP contribution in [0, 0.1) is 5.92 Å². The molecule has 3 N–H and O–H groups in total. The normalized spacial score (nSPS) is 28.3. The fourth-order valence-electron chi connectivity index (χ4n) is 7.27. The zero-order valence-corrected chi connectivity index (χ0v) is 27.8. The number of aromatic nitrogens is 1. The average Bonchev–Trinajstić information content (AvgIpc) is 4.01. The molecule has 2 saturated carbocycles. The molecule has 4 fully saturated rings. The average molecular weight is 674 g/mol. The lowest BCUT2D eigenvalue weighted by Crippen LogP contribution is -2.57. The Morgan fingerprint density at radius 3 is 2.42 bits per heavy atom. The minimum Gasteiger partial charge on any atom is -0.472 e. The van der Waals surface area contributed by atoms with Crippen LogP contribution in [0.2, 0.25) is 0 Å². The molecule has 7 rings (SSSR count). The Morgan fingerprint density at radius 1 is 0.896 bits per heavy atom. The van der Waals surface area contributed by atoms with Crippen molar-refractivity contribution in [2.75, 3.05) is 11.9 Å². The highest BCUT2D eigenvalue weighted by Gasteiger charge is 2.62. The van der Waals surface area contributed by atoms with Gasteiger partial charge in [-0.25, -0.2) is 13.4 Å². The summed E-state index contributed by atoms with van der Waals surface area (Å²) in [6.07, 6.45) is 7.03. The predicted octanol–water partition coefficient (Wildman–Crippen LogP) is 4.29. The molecule has 3 heterocycles. The fourth-order valence-corrected chi connectivity index (χ4v) is 8.64. The second-order valence-corrected chi connectivity index (χ2v) is 15.7. The summed E-state index contributed by atoms with van der Waals surface area (Å²) in [4.78, 5) is 48.5. The van der Waals surface area contributed by atoms with Crippen molar-refractivity contribution in [3.8, 4) is 5.88 Å². The van der Waals surface area contributed by atoms with E-state index in [1.807, 2.05) is 60.7 Å². The molecule has 3 aromatic rings. The Labute approximate surface area is 281 Å². The highest BCUT2D eigenvalue weighted by Crippen LogP contribution is 2.48. The number of carbonyl (C=O) groups is 3. The smallest absolute Gasteiger partial charge is 0.259 e. The van der Waals surface area contributed by atoms with Gasteiger partial charge in [0.25, 0.3) is 5.91 Å². The molecule has 0 spiro atoms. The van der Waals surface area contributed by atoms with Crippen molar-refractivity contribution in [3.63, 3.8) is 0 Å². The Bertz CT molecular complexity index is 1780. The monoisotopic (exact) mass is 673 g/mol. The van der Waals surface area contributed by atoms with Crippen LogP contribution in [-0.4, -0.2) is 71.5 Å². The molecular formula is C36H43N5O6S. The molecule has 2 aliphatic heterocycles. The summed E-state index contributed by atoms with van der Waals surface area (Å²) in [5, 5.41) is 6.80. The van der Waals surface area contributed by atoms with Crippen molar-refractivity contribution in [3.05, 3.63) is 66.7 Å². The largest absolute Gasteiger partial charge is 0.472 e. The molecule has 12 heteroatoms. The van der Waals surface area contributed by atoms with Crippen molar-refractivity contribution in [2.24, 2.45) is 5.92 Å². The van der Waals surface area contributed by atoms with Crippen molar-refractivity contribution >= 4 is 44.3 Å². The molecule has 0 bridgehead atoms. The number of anilines is 1. The van der Waals surface area contributed by atoms with Gasteiger partial charge in [-0.2, -0.15) is 0 Å². The number of pyridine rings is 1. The number of fused-ring (bicyclic) bond motifs is 3. The summed E-state index contributed by atoms with van der Waals surface area (Å²) in [5.74, 6) is -1.14. The van der Waals surface area contributed by atoms with Crippen LogP contribution < -0.4 is 20.1 Å². The molecule has 4 aliphatic rings. The Balaban J connectivity index is 1.17. The Morgan fingerprint density at radius 2 is 1.62 bits per heavy atom. The topological polar surface area (TPSA) is 147 Å². The van der Waals surface area contributed by atoms with E-state index < -0.39 is 50.8 Å². The van der Waals surface area contributed by atoms with Gasteiger partial charge in [0.15, 0.2) is 0 Å². The maximum atomic E-state index is 14.4. The van der Waals surface area contributed by atoms with E-state index in [1.54, 1.807) is 11.0 Å². The number of carbonyl (C=O) groups excluding carboxylic acids is 3. The summed E-state index contributed by atoms with van der Waals surface area (Å²) in [5.41, 5.74) is 0.266. The highest BCUT2D eigenvalue weighted by molar-refractivity contribution is 7.91. The van der Waals surface area contributed by atoms with Gasteiger partial charge in [-0.3, -0.25) is 19.1 Å². The minimum absolute atomic E-state index is 0.164. The van der Waals surface area contributed by atoms with Crippen LogP contribution in [0.25, 0.3) is 10.9 Å². The number of ether oxygens (including phenoxy) is 1. The molecule has 2 aromatic carbocycles. The molecule has 3 amide bonds. The lowest BCUT2D eigenvalue weighted by Gasteiger charge is -2.30. The van der Waals surface area contributed by atoms with Gasteiger partial charge in [0.05, 0.1) is 17.3 Å². The molecule has 0 radical (unpaired) electrons. The third-order valence-electron chi connectivity index (χ3n) is 10.2. The van der Waals surface area contributed by atoms with E-state index in [-0.39, 0.29) is 24.8 Å². The third kappa shape index (κ3) is 6.99. The number of rotatable bonds is 7. The first-order valence-corrected chi connectivity index (χ1v) is 18.8. The van der Waals surface area contributed by atoms with Crippen LogP contribution in [0.4, 0.5) is 5.69 Å². The van der Waals surface area contributed by atoms with Crippen LogP contribution in [0.15, 0.2) is 66.7 Å². The SMILES string of the molecule is O=C1N[C@]2(C(=O)NS(=O)(=O)C3CC3)C[C@H]2CCCCCCC[C@H](Nc2ccccc2)C(=O)N2C[C@H](Oc3ccc4ccccc4n3)C[C@@H]12. The zero-order chi connectivity index (χ0) is 33.3. The zero-order valence-electron chi connectivity index (χ0n) is 27.0. The highest BCUT2D eigenvalue weighted by atomic mass is 32.2. The Hall–Kier alpha value is -4.19. The maximum absolute atomic E-state index is 14.4. The van der Waals surface area contributed by atoms with E-state index in [0.717, 1.165) is 48.7 Å². The van der Waals surface area contributed by atoms with E-state index in [9.17, 15) is 22.8 Å². The van der Waals surface area contributed by atoms with Gasteiger partial charge >= 0.3 is 0 Å². The summed E-state index contributed by atoms with van der Waals surface area (Å²) < 4.78 is 34.2. The molecule has 254 valence electrons. The van der Waals surface area contributed by atoms with Gasteiger partial charge in [-0.05, 0) is 62.3 Å². The van der Waals surface area contributed by atoms with E-state index in [4.69, 9.17) is 4.74 Å². The van der Waals surface area contributed by atoms with Gasteiger partial charge in [-0.15, -0.1) is 0 Å². The summed E-state index contributed by atoms with van der Waals surface area (Å²) >= 11 is 0. The van der Waals surface area contributed by atoms with Gasteiger partial charge in [-0.1, -0.05) is 68.5 Å². The molecule has 2 saturated heterocycles. The van der Waals surface area contributed by atoms with Crippen molar-refractivity contribution < 1.29 is 27.5 Å². The van der Waals surface area contributed by atoms with E-state index in [1.165, 1.54) is 0 Å². The van der Waals surface area contributed by atoms with Crippen LogP contribution >= 0.6 is 0 Å². The molecular weight excluding hydrogens is 630 g/mol. The molecule has 0 unspecified atom stereocenters. The molecule has 11 nitrogen and oxygen atoms in total. The number of hydrogen-bond donors (Lipinski definition) is 3.